The highest BCUT2D eigenvalue weighted by molar-refractivity contribution is 5.54. The third kappa shape index (κ3) is 1.24. The highest BCUT2D eigenvalue weighted by Gasteiger charge is 2.30. The molecule has 0 radical (unpaired) electrons. The fourth-order valence-electron chi connectivity index (χ4n) is 2.38. The van der Waals surface area contributed by atoms with Crippen molar-refractivity contribution in [2.75, 3.05) is 0 Å². The Labute approximate surface area is 73.2 Å². The first-order valence-corrected chi connectivity index (χ1v) is 4.62. The molecule has 2 bridgehead atoms. The van der Waals surface area contributed by atoms with Crippen LogP contribution in [0.1, 0.15) is 19.3 Å². The van der Waals surface area contributed by atoms with E-state index in [9.17, 15) is 4.79 Å². The van der Waals surface area contributed by atoms with Crippen molar-refractivity contribution < 1.29 is 4.79 Å². The van der Waals surface area contributed by atoms with E-state index in [1.807, 2.05) is 0 Å². The van der Waals surface area contributed by atoms with Crippen LogP contribution >= 0.6 is 0 Å². The summed E-state index contributed by atoms with van der Waals surface area (Å²) in [5.41, 5.74) is 1.22. The summed E-state index contributed by atoms with van der Waals surface area (Å²) in [6, 6.07) is 0. The minimum absolute atomic E-state index is 0.287. The number of rotatable bonds is 1. The molecular formula is C11H14O. The Morgan fingerprint density at radius 3 is 3.00 bits per heavy atom. The van der Waals surface area contributed by atoms with E-state index in [1.165, 1.54) is 12.0 Å². The monoisotopic (exact) mass is 162 g/mol. The predicted octanol–water partition coefficient (Wildman–Crippen LogP) is 2.34. The smallest absolute Gasteiger partial charge is 0.123 e. The van der Waals surface area contributed by atoms with E-state index in [2.05, 4.69) is 18.7 Å². The van der Waals surface area contributed by atoms with Gasteiger partial charge in [0.05, 0.1) is 0 Å². The summed E-state index contributed by atoms with van der Waals surface area (Å²) in [6.45, 7) is 4.00. The van der Waals surface area contributed by atoms with Crippen LogP contribution in [0.5, 0.6) is 0 Å². The van der Waals surface area contributed by atoms with Gasteiger partial charge in [-0.1, -0.05) is 24.3 Å². The van der Waals surface area contributed by atoms with E-state index >= 15 is 0 Å². The summed E-state index contributed by atoms with van der Waals surface area (Å²) in [7, 11) is 0. The minimum atomic E-state index is 0.287. The van der Waals surface area contributed by atoms with Crippen molar-refractivity contribution in [3.63, 3.8) is 0 Å². The Kier molecular flexibility index (Phi) is 1.87. The van der Waals surface area contributed by atoms with Crippen molar-refractivity contribution >= 4 is 6.29 Å². The zero-order chi connectivity index (χ0) is 8.55. The third-order valence-electron chi connectivity index (χ3n) is 3.08. The van der Waals surface area contributed by atoms with Crippen LogP contribution in [0.25, 0.3) is 0 Å². The maximum absolute atomic E-state index is 10.6. The van der Waals surface area contributed by atoms with Gasteiger partial charge in [0.15, 0.2) is 0 Å². The highest BCUT2D eigenvalue weighted by atomic mass is 16.1. The Hall–Kier alpha value is -0.850. The van der Waals surface area contributed by atoms with E-state index < -0.39 is 0 Å². The molecule has 2 rings (SSSR count). The lowest BCUT2D eigenvalue weighted by Gasteiger charge is -2.34. The fraction of sp³-hybridized carbons (Fsp3) is 0.545. The summed E-state index contributed by atoms with van der Waals surface area (Å²) in [6.07, 6.45) is 8.78. The van der Waals surface area contributed by atoms with E-state index in [0.717, 1.165) is 19.1 Å². The van der Waals surface area contributed by atoms with Crippen molar-refractivity contribution in [3.8, 4) is 0 Å². The Morgan fingerprint density at radius 2 is 2.25 bits per heavy atom. The SMILES string of the molecule is C=C1C=C[C@@H]2C[C@H](C=O)C[C@H]1C2. The zero-order valence-corrected chi connectivity index (χ0v) is 7.20. The molecule has 1 nitrogen and oxygen atoms in total. The van der Waals surface area contributed by atoms with Gasteiger partial charge >= 0.3 is 0 Å². The Morgan fingerprint density at radius 1 is 1.42 bits per heavy atom. The molecule has 12 heavy (non-hydrogen) atoms. The van der Waals surface area contributed by atoms with Gasteiger partial charge in [0, 0.05) is 5.92 Å². The second-order valence-electron chi connectivity index (χ2n) is 3.99. The quantitative estimate of drug-likeness (QED) is 0.541. The molecule has 1 fully saturated rings. The standard InChI is InChI=1S/C11H14O/c1-8-2-3-9-4-10(7-12)6-11(8)5-9/h2-3,7,9-11H,1,4-6H2/t9-,10+,11-/m1/s1. The maximum Gasteiger partial charge on any atom is 0.123 e. The van der Waals surface area contributed by atoms with Gasteiger partial charge in [-0.3, -0.25) is 0 Å². The van der Waals surface area contributed by atoms with Crippen LogP contribution in [0.2, 0.25) is 0 Å². The number of fused-ring (bicyclic) bond motifs is 2. The molecule has 2 aliphatic rings. The molecule has 0 unspecified atom stereocenters. The summed E-state index contributed by atoms with van der Waals surface area (Å²) >= 11 is 0. The molecule has 0 heterocycles. The van der Waals surface area contributed by atoms with Crippen molar-refractivity contribution in [2.45, 2.75) is 19.3 Å². The number of allylic oxidation sites excluding steroid dienone is 3. The predicted molar refractivity (Wildman–Crippen MR) is 48.7 cm³/mol. The number of aldehydes is 1. The molecule has 0 aromatic carbocycles. The second kappa shape index (κ2) is 2.89. The average molecular weight is 162 g/mol. The summed E-state index contributed by atoms with van der Waals surface area (Å²) < 4.78 is 0. The fourth-order valence-corrected chi connectivity index (χ4v) is 2.38. The molecule has 0 aromatic rings. The molecular weight excluding hydrogens is 148 g/mol. The van der Waals surface area contributed by atoms with Gasteiger partial charge in [-0.25, -0.2) is 0 Å². The lowest BCUT2D eigenvalue weighted by Crippen LogP contribution is -2.25. The lowest BCUT2D eigenvalue weighted by molar-refractivity contribution is -0.112. The summed E-state index contributed by atoms with van der Waals surface area (Å²) in [5, 5.41) is 0. The van der Waals surface area contributed by atoms with Crippen LogP contribution in [0.3, 0.4) is 0 Å². The van der Waals surface area contributed by atoms with Crippen molar-refractivity contribution in [2.24, 2.45) is 17.8 Å². The van der Waals surface area contributed by atoms with Gasteiger partial charge in [-0.05, 0) is 31.1 Å². The number of carbonyl (C=O) groups excluding carboxylic acids is 1. The number of hydrogen-bond donors (Lipinski definition) is 0. The summed E-state index contributed by atoms with van der Waals surface area (Å²) in [5.74, 6) is 1.52. The van der Waals surface area contributed by atoms with Crippen LogP contribution in [0.15, 0.2) is 24.3 Å². The van der Waals surface area contributed by atoms with Gasteiger partial charge in [-0.2, -0.15) is 0 Å². The minimum Gasteiger partial charge on any atom is -0.303 e. The van der Waals surface area contributed by atoms with E-state index in [4.69, 9.17) is 0 Å². The Bertz CT molecular complexity index is 239. The Balaban J connectivity index is 2.17. The molecule has 1 saturated carbocycles. The van der Waals surface area contributed by atoms with E-state index in [-0.39, 0.29) is 5.92 Å². The first kappa shape index (κ1) is 7.78. The van der Waals surface area contributed by atoms with Crippen LogP contribution in [-0.4, -0.2) is 6.29 Å². The van der Waals surface area contributed by atoms with Gasteiger partial charge in [0.2, 0.25) is 0 Å². The topological polar surface area (TPSA) is 17.1 Å². The largest absolute Gasteiger partial charge is 0.303 e. The highest BCUT2D eigenvalue weighted by Crippen LogP contribution is 2.40. The lowest BCUT2D eigenvalue weighted by atomic mass is 9.70. The normalized spacial score (nSPS) is 39.7. The molecule has 1 heteroatoms. The molecule has 0 spiro atoms. The van der Waals surface area contributed by atoms with Gasteiger partial charge < -0.3 is 4.79 Å². The van der Waals surface area contributed by atoms with E-state index in [1.54, 1.807) is 0 Å². The average Bonchev–Trinajstić information content (AvgIpc) is 2.12. The molecule has 3 atom stereocenters. The van der Waals surface area contributed by atoms with Gasteiger partial charge in [-0.15, -0.1) is 0 Å². The van der Waals surface area contributed by atoms with Crippen LogP contribution in [0, 0.1) is 17.8 Å². The molecule has 0 aromatic heterocycles. The second-order valence-corrected chi connectivity index (χ2v) is 3.99. The van der Waals surface area contributed by atoms with Gasteiger partial charge in [0.1, 0.15) is 6.29 Å². The maximum atomic E-state index is 10.6. The molecule has 0 saturated heterocycles. The van der Waals surface area contributed by atoms with Crippen LogP contribution in [-0.2, 0) is 4.79 Å². The zero-order valence-electron chi connectivity index (χ0n) is 7.20. The number of hydrogen-bond acceptors (Lipinski definition) is 1. The number of carbonyl (C=O) groups is 1. The van der Waals surface area contributed by atoms with Crippen LogP contribution < -0.4 is 0 Å². The van der Waals surface area contributed by atoms with Crippen LogP contribution in [0.4, 0.5) is 0 Å². The molecule has 0 N–H and O–H groups in total. The first-order chi connectivity index (χ1) is 5.79. The molecule has 64 valence electrons. The van der Waals surface area contributed by atoms with Crippen molar-refractivity contribution in [3.05, 3.63) is 24.3 Å². The molecule has 0 aliphatic heterocycles. The van der Waals surface area contributed by atoms with Crippen molar-refractivity contribution in [1.29, 1.82) is 0 Å². The van der Waals surface area contributed by atoms with Crippen molar-refractivity contribution in [1.82, 2.24) is 0 Å². The first-order valence-electron chi connectivity index (χ1n) is 4.62. The van der Waals surface area contributed by atoms with Gasteiger partial charge in [0.25, 0.3) is 0 Å². The molecule has 0 amide bonds. The summed E-state index contributed by atoms with van der Waals surface area (Å²) in [4.78, 5) is 10.6. The molecule has 2 aliphatic carbocycles. The third-order valence-corrected chi connectivity index (χ3v) is 3.08. The van der Waals surface area contributed by atoms with E-state index in [0.29, 0.717) is 11.8 Å².